The molecule has 0 unspecified atom stereocenters. The normalized spacial score (nSPS) is 15.6. The van der Waals surface area contributed by atoms with E-state index in [0.29, 0.717) is 22.8 Å². The monoisotopic (exact) mass is 342 g/mol. The summed E-state index contributed by atoms with van der Waals surface area (Å²) in [6.07, 6.45) is 0.799. The fourth-order valence-corrected chi connectivity index (χ4v) is 2.41. The van der Waals surface area contributed by atoms with E-state index in [4.69, 9.17) is 18.6 Å². The topological polar surface area (TPSA) is 75.0 Å². The highest BCUT2D eigenvalue weighted by Crippen LogP contribution is 2.35. The molecule has 0 N–H and O–H groups in total. The molecule has 6 heteroatoms. The summed E-state index contributed by atoms with van der Waals surface area (Å²) in [4.78, 5) is 24.0. The lowest BCUT2D eigenvalue weighted by Gasteiger charge is -2.13. The van der Waals surface area contributed by atoms with E-state index in [9.17, 15) is 9.59 Å². The van der Waals surface area contributed by atoms with Gasteiger partial charge in [0.05, 0.1) is 12.2 Å². The fraction of sp³-hybridized carbons (Fsp3) is 0.263. The Hall–Kier alpha value is -3.02. The van der Waals surface area contributed by atoms with Crippen LogP contribution in [-0.2, 0) is 9.53 Å². The van der Waals surface area contributed by atoms with E-state index in [1.54, 1.807) is 44.2 Å². The van der Waals surface area contributed by atoms with Crippen molar-refractivity contribution in [3.8, 4) is 11.5 Å². The Morgan fingerprint density at radius 3 is 2.76 bits per heavy atom. The first kappa shape index (κ1) is 16.8. The molecule has 0 radical (unpaired) electrons. The molecule has 25 heavy (non-hydrogen) atoms. The zero-order valence-electron chi connectivity index (χ0n) is 14.2. The van der Waals surface area contributed by atoms with Crippen molar-refractivity contribution in [2.45, 2.75) is 26.9 Å². The van der Waals surface area contributed by atoms with Crippen molar-refractivity contribution >= 4 is 17.8 Å². The van der Waals surface area contributed by atoms with E-state index in [0.717, 1.165) is 5.76 Å². The molecular formula is C19H18O6. The van der Waals surface area contributed by atoms with Gasteiger partial charge in [-0.3, -0.25) is 4.79 Å². The standard InChI is InChI=1S/C19H18O6/c1-4-22-19(21)12(3)24-14-7-8-15-16(9-14)25-17(18(15)20)10-13-6-5-11(2)23-13/h5-10,12H,4H2,1-3H3/b17-10+/t12-/m1/s1. The van der Waals surface area contributed by atoms with Crippen LogP contribution >= 0.6 is 0 Å². The summed E-state index contributed by atoms with van der Waals surface area (Å²) in [6.45, 7) is 5.44. The summed E-state index contributed by atoms with van der Waals surface area (Å²) >= 11 is 0. The van der Waals surface area contributed by atoms with E-state index in [1.807, 2.05) is 13.0 Å². The van der Waals surface area contributed by atoms with Crippen LogP contribution in [0.2, 0.25) is 0 Å². The van der Waals surface area contributed by atoms with Crippen molar-refractivity contribution < 1.29 is 28.2 Å². The van der Waals surface area contributed by atoms with Gasteiger partial charge in [0.2, 0.25) is 5.78 Å². The molecule has 0 spiro atoms. The molecular weight excluding hydrogens is 324 g/mol. The van der Waals surface area contributed by atoms with Crippen molar-refractivity contribution in [2.24, 2.45) is 0 Å². The maximum atomic E-state index is 12.4. The molecule has 1 aromatic carbocycles. The van der Waals surface area contributed by atoms with Crippen molar-refractivity contribution in [1.82, 2.24) is 0 Å². The first-order chi connectivity index (χ1) is 12.0. The lowest BCUT2D eigenvalue weighted by molar-refractivity contribution is -0.150. The van der Waals surface area contributed by atoms with Crippen LogP contribution in [0.25, 0.3) is 6.08 Å². The maximum Gasteiger partial charge on any atom is 0.347 e. The van der Waals surface area contributed by atoms with Crippen molar-refractivity contribution in [3.63, 3.8) is 0 Å². The molecule has 0 saturated carbocycles. The number of carbonyl (C=O) groups excluding carboxylic acids is 2. The van der Waals surface area contributed by atoms with Gasteiger partial charge in [-0.2, -0.15) is 0 Å². The minimum atomic E-state index is -0.754. The van der Waals surface area contributed by atoms with Gasteiger partial charge in [-0.25, -0.2) is 4.79 Å². The molecule has 1 aromatic heterocycles. The number of fused-ring (bicyclic) bond motifs is 1. The Labute approximate surface area is 145 Å². The number of carbonyl (C=O) groups is 2. The van der Waals surface area contributed by atoms with Crippen molar-refractivity contribution in [2.75, 3.05) is 6.61 Å². The zero-order chi connectivity index (χ0) is 18.0. The van der Waals surface area contributed by atoms with Gasteiger partial charge in [-0.15, -0.1) is 0 Å². The summed E-state index contributed by atoms with van der Waals surface area (Å²) in [6, 6.07) is 8.38. The van der Waals surface area contributed by atoms with Crippen molar-refractivity contribution in [1.29, 1.82) is 0 Å². The Kier molecular flexibility index (Phi) is 4.61. The molecule has 1 aliphatic rings. The van der Waals surface area contributed by atoms with Crippen LogP contribution in [0.5, 0.6) is 11.5 Å². The van der Waals surface area contributed by atoms with Gasteiger partial charge in [0.15, 0.2) is 11.9 Å². The van der Waals surface area contributed by atoms with Gasteiger partial charge in [0, 0.05) is 12.1 Å². The molecule has 2 heterocycles. The summed E-state index contributed by atoms with van der Waals surface area (Å²) in [5.41, 5.74) is 0.436. The smallest absolute Gasteiger partial charge is 0.347 e. The quantitative estimate of drug-likeness (QED) is 0.611. The zero-order valence-corrected chi connectivity index (χ0v) is 14.2. The predicted octanol–water partition coefficient (Wildman–Crippen LogP) is 3.53. The lowest BCUT2D eigenvalue weighted by atomic mass is 10.1. The number of hydrogen-bond donors (Lipinski definition) is 0. The Bertz CT molecular complexity index is 845. The van der Waals surface area contributed by atoms with Crippen molar-refractivity contribution in [3.05, 3.63) is 53.2 Å². The average Bonchev–Trinajstić information content (AvgIpc) is 3.11. The average molecular weight is 342 g/mol. The molecule has 1 atom stereocenters. The lowest BCUT2D eigenvalue weighted by Crippen LogP contribution is -2.26. The second kappa shape index (κ2) is 6.84. The van der Waals surface area contributed by atoms with Crippen LogP contribution in [0.3, 0.4) is 0 Å². The minimum absolute atomic E-state index is 0.181. The highest BCUT2D eigenvalue weighted by Gasteiger charge is 2.28. The van der Waals surface area contributed by atoms with Crippen LogP contribution in [0.15, 0.2) is 40.5 Å². The number of ketones is 1. The fourth-order valence-electron chi connectivity index (χ4n) is 2.41. The maximum absolute atomic E-state index is 12.4. The molecule has 6 nitrogen and oxygen atoms in total. The first-order valence-electron chi connectivity index (χ1n) is 7.96. The van der Waals surface area contributed by atoms with Gasteiger partial charge in [0.25, 0.3) is 0 Å². The summed E-state index contributed by atoms with van der Waals surface area (Å²) < 4.78 is 21.5. The van der Waals surface area contributed by atoms with E-state index in [1.165, 1.54) is 0 Å². The predicted molar refractivity (Wildman–Crippen MR) is 89.5 cm³/mol. The Balaban J connectivity index is 1.77. The van der Waals surface area contributed by atoms with E-state index in [2.05, 4.69) is 0 Å². The number of allylic oxidation sites excluding steroid dienone is 1. The van der Waals surface area contributed by atoms with E-state index in [-0.39, 0.29) is 18.1 Å². The van der Waals surface area contributed by atoms with Crippen LogP contribution in [0.1, 0.15) is 35.7 Å². The number of aryl methyl sites for hydroxylation is 1. The summed E-state index contributed by atoms with van der Waals surface area (Å²) in [7, 11) is 0. The molecule has 0 aliphatic carbocycles. The van der Waals surface area contributed by atoms with Gasteiger partial charge in [0.1, 0.15) is 23.0 Å². The van der Waals surface area contributed by atoms with Gasteiger partial charge in [-0.1, -0.05) is 0 Å². The molecule has 0 bridgehead atoms. The molecule has 130 valence electrons. The highest BCUT2D eigenvalue weighted by atomic mass is 16.6. The molecule has 0 amide bonds. The number of esters is 1. The number of hydrogen-bond acceptors (Lipinski definition) is 6. The summed E-state index contributed by atoms with van der Waals surface area (Å²) in [5, 5.41) is 0. The van der Waals surface area contributed by atoms with Crippen LogP contribution in [0, 0.1) is 6.92 Å². The first-order valence-corrected chi connectivity index (χ1v) is 7.96. The number of Topliss-reactive ketones (excluding diaryl/α,β-unsaturated/α-hetero) is 1. The molecule has 3 rings (SSSR count). The van der Waals surface area contributed by atoms with Crippen LogP contribution in [-0.4, -0.2) is 24.5 Å². The number of rotatable bonds is 5. The minimum Gasteiger partial charge on any atom is -0.479 e. The van der Waals surface area contributed by atoms with E-state index < -0.39 is 12.1 Å². The third-order valence-corrected chi connectivity index (χ3v) is 3.61. The van der Waals surface area contributed by atoms with Gasteiger partial charge < -0.3 is 18.6 Å². The van der Waals surface area contributed by atoms with E-state index >= 15 is 0 Å². The third kappa shape index (κ3) is 3.57. The SMILES string of the molecule is CCOC(=O)[C@@H](C)Oc1ccc2c(c1)O/C(=C/c1ccc(C)o1)C2=O. The molecule has 1 aliphatic heterocycles. The molecule has 2 aromatic rings. The summed E-state index contributed by atoms with van der Waals surface area (Å²) in [5.74, 6) is 1.59. The third-order valence-electron chi connectivity index (χ3n) is 3.61. The largest absolute Gasteiger partial charge is 0.479 e. The van der Waals surface area contributed by atoms with Gasteiger partial charge >= 0.3 is 5.97 Å². The van der Waals surface area contributed by atoms with Gasteiger partial charge in [-0.05, 0) is 45.0 Å². The number of benzene rings is 1. The Morgan fingerprint density at radius 1 is 1.28 bits per heavy atom. The van der Waals surface area contributed by atoms with Crippen LogP contribution in [0.4, 0.5) is 0 Å². The number of furan rings is 1. The van der Waals surface area contributed by atoms with Crippen LogP contribution < -0.4 is 9.47 Å². The molecule has 0 saturated heterocycles. The second-order valence-corrected chi connectivity index (χ2v) is 5.56. The molecule has 0 fully saturated rings. The highest BCUT2D eigenvalue weighted by molar-refractivity contribution is 6.14. The number of ether oxygens (including phenoxy) is 3. The second-order valence-electron chi connectivity index (χ2n) is 5.56. The Morgan fingerprint density at radius 2 is 2.08 bits per heavy atom.